The Balaban J connectivity index is 2.34. The summed E-state index contributed by atoms with van der Waals surface area (Å²) in [6.45, 7) is 2.02. The Morgan fingerprint density at radius 3 is 2.80 bits per heavy atom. The van der Waals surface area contributed by atoms with Gasteiger partial charge in [0.1, 0.15) is 0 Å². The van der Waals surface area contributed by atoms with Crippen LogP contribution in [0.3, 0.4) is 0 Å². The number of anilines is 1. The summed E-state index contributed by atoms with van der Waals surface area (Å²) in [5, 5.41) is 4.90. The number of pyridine rings is 1. The number of fused-ring (bicyclic) bond motifs is 1. The molecule has 0 unspecified atom stereocenters. The average molecular weight is 289 g/mol. The standard InChI is InChI=1S/C14H13ClN4O/c1-8-3-4-9(15)7-10(8)11-5-6-12(20-2)13-17-14(16)18-19(11)13/h3-7H,1-2H3,(H2,16,18). The van der Waals surface area contributed by atoms with E-state index in [1.165, 1.54) is 0 Å². The summed E-state index contributed by atoms with van der Waals surface area (Å²) in [6, 6.07) is 9.48. The van der Waals surface area contributed by atoms with E-state index < -0.39 is 0 Å². The van der Waals surface area contributed by atoms with Gasteiger partial charge in [-0.3, -0.25) is 0 Å². The van der Waals surface area contributed by atoms with Gasteiger partial charge in [-0.15, -0.1) is 5.10 Å². The fourth-order valence-corrected chi connectivity index (χ4v) is 2.36. The molecule has 0 spiro atoms. The zero-order chi connectivity index (χ0) is 14.3. The van der Waals surface area contributed by atoms with Gasteiger partial charge in [0.25, 0.3) is 0 Å². The van der Waals surface area contributed by atoms with Gasteiger partial charge in [0.2, 0.25) is 5.95 Å². The molecule has 0 saturated heterocycles. The Morgan fingerprint density at radius 2 is 2.05 bits per heavy atom. The van der Waals surface area contributed by atoms with Crippen molar-refractivity contribution in [2.45, 2.75) is 6.92 Å². The number of nitrogen functional groups attached to an aromatic ring is 1. The summed E-state index contributed by atoms with van der Waals surface area (Å²) in [4.78, 5) is 4.19. The molecule has 0 aliphatic heterocycles. The van der Waals surface area contributed by atoms with E-state index in [0.717, 1.165) is 16.8 Å². The van der Waals surface area contributed by atoms with Gasteiger partial charge in [-0.25, -0.2) is 4.52 Å². The molecule has 20 heavy (non-hydrogen) atoms. The van der Waals surface area contributed by atoms with Crippen molar-refractivity contribution in [3.8, 4) is 17.0 Å². The fraction of sp³-hybridized carbons (Fsp3) is 0.143. The predicted octanol–water partition coefficient (Wildman–Crippen LogP) is 2.95. The molecule has 0 radical (unpaired) electrons. The zero-order valence-electron chi connectivity index (χ0n) is 11.1. The maximum absolute atomic E-state index is 6.09. The van der Waals surface area contributed by atoms with Crippen molar-refractivity contribution in [2.75, 3.05) is 12.8 Å². The molecule has 2 N–H and O–H groups in total. The Labute approximate surface area is 121 Å². The van der Waals surface area contributed by atoms with Crippen molar-refractivity contribution in [2.24, 2.45) is 0 Å². The summed E-state index contributed by atoms with van der Waals surface area (Å²) in [6.07, 6.45) is 0. The summed E-state index contributed by atoms with van der Waals surface area (Å²) in [7, 11) is 1.59. The van der Waals surface area contributed by atoms with Gasteiger partial charge in [-0.1, -0.05) is 17.7 Å². The number of nitrogens with zero attached hydrogens (tertiary/aromatic N) is 3. The Hall–Kier alpha value is -2.27. The van der Waals surface area contributed by atoms with E-state index in [0.29, 0.717) is 16.4 Å². The van der Waals surface area contributed by atoms with Gasteiger partial charge in [0.15, 0.2) is 11.4 Å². The lowest BCUT2D eigenvalue weighted by Gasteiger charge is -2.10. The minimum Gasteiger partial charge on any atom is -0.493 e. The lowest BCUT2D eigenvalue weighted by molar-refractivity contribution is 0.416. The molecular weight excluding hydrogens is 276 g/mol. The van der Waals surface area contributed by atoms with Crippen molar-refractivity contribution in [1.82, 2.24) is 14.6 Å². The molecule has 2 aromatic heterocycles. The highest BCUT2D eigenvalue weighted by atomic mass is 35.5. The van der Waals surface area contributed by atoms with Gasteiger partial charge >= 0.3 is 0 Å². The molecule has 1 aromatic carbocycles. The van der Waals surface area contributed by atoms with Crippen LogP contribution in [0.1, 0.15) is 5.56 Å². The monoisotopic (exact) mass is 288 g/mol. The maximum atomic E-state index is 6.09. The van der Waals surface area contributed by atoms with Crippen LogP contribution in [0.25, 0.3) is 16.9 Å². The predicted molar refractivity (Wildman–Crippen MR) is 79.1 cm³/mol. The van der Waals surface area contributed by atoms with Crippen LogP contribution in [-0.4, -0.2) is 21.7 Å². The van der Waals surface area contributed by atoms with Gasteiger partial charge < -0.3 is 10.5 Å². The van der Waals surface area contributed by atoms with E-state index in [1.807, 2.05) is 37.3 Å². The average Bonchev–Trinajstić information content (AvgIpc) is 2.82. The molecule has 2 heterocycles. The Bertz CT molecular complexity index is 797. The number of hydrogen-bond acceptors (Lipinski definition) is 4. The van der Waals surface area contributed by atoms with Crippen LogP contribution in [-0.2, 0) is 0 Å². The van der Waals surface area contributed by atoms with Crippen LogP contribution >= 0.6 is 11.6 Å². The molecular formula is C14H13ClN4O. The Morgan fingerprint density at radius 1 is 1.25 bits per heavy atom. The normalized spacial score (nSPS) is 10.9. The molecule has 0 fully saturated rings. The van der Waals surface area contributed by atoms with E-state index in [2.05, 4.69) is 10.1 Å². The maximum Gasteiger partial charge on any atom is 0.240 e. The van der Waals surface area contributed by atoms with E-state index >= 15 is 0 Å². The highest BCUT2D eigenvalue weighted by molar-refractivity contribution is 6.30. The summed E-state index contributed by atoms with van der Waals surface area (Å²) < 4.78 is 6.95. The topological polar surface area (TPSA) is 65.4 Å². The number of halogens is 1. The van der Waals surface area contributed by atoms with Crippen LogP contribution in [0.2, 0.25) is 5.02 Å². The molecule has 0 amide bonds. The first-order valence-electron chi connectivity index (χ1n) is 6.06. The third-order valence-electron chi connectivity index (χ3n) is 3.16. The number of hydrogen-bond donors (Lipinski definition) is 1. The Kier molecular flexibility index (Phi) is 2.99. The van der Waals surface area contributed by atoms with Crippen molar-refractivity contribution in [3.05, 3.63) is 40.9 Å². The second-order valence-corrected chi connectivity index (χ2v) is 4.89. The van der Waals surface area contributed by atoms with Crippen LogP contribution in [0, 0.1) is 6.92 Å². The number of rotatable bonds is 2. The molecule has 0 aliphatic carbocycles. The van der Waals surface area contributed by atoms with E-state index in [4.69, 9.17) is 22.1 Å². The second kappa shape index (κ2) is 4.68. The highest BCUT2D eigenvalue weighted by Gasteiger charge is 2.13. The molecule has 0 atom stereocenters. The second-order valence-electron chi connectivity index (χ2n) is 4.45. The summed E-state index contributed by atoms with van der Waals surface area (Å²) in [5.74, 6) is 0.827. The third kappa shape index (κ3) is 1.96. The van der Waals surface area contributed by atoms with Crippen molar-refractivity contribution < 1.29 is 4.74 Å². The number of benzene rings is 1. The molecule has 6 heteroatoms. The fourth-order valence-electron chi connectivity index (χ4n) is 2.19. The van der Waals surface area contributed by atoms with Gasteiger partial charge in [0.05, 0.1) is 12.8 Å². The van der Waals surface area contributed by atoms with Crippen molar-refractivity contribution in [3.63, 3.8) is 0 Å². The van der Waals surface area contributed by atoms with Crippen LogP contribution in [0.15, 0.2) is 30.3 Å². The van der Waals surface area contributed by atoms with E-state index in [-0.39, 0.29) is 5.95 Å². The molecule has 102 valence electrons. The van der Waals surface area contributed by atoms with Gasteiger partial charge in [0, 0.05) is 10.6 Å². The largest absolute Gasteiger partial charge is 0.493 e. The number of aromatic nitrogens is 3. The highest BCUT2D eigenvalue weighted by Crippen LogP contribution is 2.30. The van der Waals surface area contributed by atoms with Gasteiger partial charge in [-0.05, 0) is 36.8 Å². The van der Waals surface area contributed by atoms with Gasteiger partial charge in [-0.2, -0.15) is 4.98 Å². The quantitative estimate of drug-likeness (QED) is 0.787. The lowest BCUT2D eigenvalue weighted by Crippen LogP contribution is -1.98. The molecule has 3 rings (SSSR count). The smallest absolute Gasteiger partial charge is 0.240 e. The minimum atomic E-state index is 0.204. The van der Waals surface area contributed by atoms with Crippen LogP contribution < -0.4 is 10.5 Å². The van der Waals surface area contributed by atoms with E-state index in [1.54, 1.807) is 11.6 Å². The third-order valence-corrected chi connectivity index (χ3v) is 3.40. The molecule has 0 bridgehead atoms. The number of methoxy groups -OCH3 is 1. The van der Waals surface area contributed by atoms with Crippen LogP contribution in [0.4, 0.5) is 5.95 Å². The summed E-state index contributed by atoms with van der Waals surface area (Å²) in [5.41, 5.74) is 9.23. The first-order chi connectivity index (χ1) is 9.60. The van der Waals surface area contributed by atoms with Crippen molar-refractivity contribution in [1.29, 1.82) is 0 Å². The van der Waals surface area contributed by atoms with Crippen LogP contribution in [0.5, 0.6) is 5.75 Å². The number of aryl methyl sites for hydroxylation is 1. The first kappa shape index (κ1) is 12.7. The van der Waals surface area contributed by atoms with E-state index in [9.17, 15) is 0 Å². The molecule has 0 aliphatic rings. The lowest BCUT2D eigenvalue weighted by atomic mass is 10.1. The molecule has 5 nitrogen and oxygen atoms in total. The molecule has 3 aromatic rings. The molecule has 0 saturated carbocycles. The first-order valence-corrected chi connectivity index (χ1v) is 6.43. The zero-order valence-corrected chi connectivity index (χ0v) is 11.8. The number of nitrogens with two attached hydrogens (primary N) is 1. The number of ether oxygens (including phenoxy) is 1. The minimum absolute atomic E-state index is 0.204. The summed E-state index contributed by atoms with van der Waals surface area (Å²) >= 11 is 6.09. The SMILES string of the molecule is COc1ccc(-c2cc(Cl)ccc2C)n2nc(N)nc12. The van der Waals surface area contributed by atoms with Crippen molar-refractivity contribution >= 4 is 23.2 Å².